The minimum absolute atomic E-state index is 0.0789. The summed E-state index contributed by atoms with van der Waals surface area (Å²) in [6.45, 7) is 2.82. The average Bonchev–Trinajstić information content (AvgIpc) is 3.28. The maximum atomic E-state index is 14.6. The first-order valence-corrected chi connectivity index (χ1v) is 11.4. The summed E-state index contributed by atoms with van der Waals surface area (Å²) in [6.07, 6.45) is 2.41. The number of likely N-dealkylation sites (tertiary alicyclic amines) is 1. The van der Waals surface area contributed by atoms with Gasteiger partial charge in [-0.1, -0.05) is 66.7 Å². The van der Waals surface area contributed by atoms with E-state index in [1.807, 2.05) is 24.3 Å². The topological polar surface area (TPSA) is 28.1 Å². The van der Waals surface area contributed by atoms with Crippen LogP contribution in [-0.2, 0) is 6.54 Å². The summed E-state index contributed by atoms with van der Waals surface area (Å²) in [6, 6.07) is 25.9. The Balaban J connectivity index is 1.31. The van der Waals surface area contributed by atoms with Gasteiger partial charge in [0.1, 0.15) is 11.6 Å². The molecule has 3 aromatic carbocycles. The van der Waals surface area contributed by atoms with Crippen LogP contribution in [0, 0.1) is 5.82 Å². The second-order valence-corrected chi connectivity index (χ2v) is 8.94. The molecule has 0 N–H and O–H groups in total. The van der Waals surface area contributed by atoms with Crippen molar-refractivity contribution in [3.63, 3.8) is 0 Å². The van der Waals surface area contributed by atoms with E-state index in [0.717, 1.165) is 49.5 Å². The van der Waals surface area contributed by atoms with Crippen LogP contribution < -0.4 is 4.74 Å². The lowest BCUT2D eigenvalue weighted by atomic mass is 9.90. The number of para-hydroxylation sites is 1. The molecule has 32 heavy (non-hydrogen) atoms. The van der Waals surface area contributed by atoms with Crippen molar-refractivity contribution in [2.24, 2.45) is 5.10 Å². The first kappa shape index (κ1) is 19.5. The van der Waals surface area contributed by atoms with Gasteiger partial charge < -0.3 is 4.74 Å². The highest BCUT2D eigenvalue weighted by atomic mass is 19.1. The number of hydrazone groups is 1. The zero-order chi connectivity index (χ0) is 21.5. The van der Waals surface area contributed by atoms with Crippen LogP contribution in [0.1, 0.15) is 42.0 Å². The highest BCUT2D eigenvalue weighted by molar-refractivity contribution is 6.02. The van der Waals surface area contributed by atoms with Gasteiger partial charge in [0.15, 0.2) is 0 Å². The van der Waals surface area contributed by atoms with Gasteiger partial charge in [0.25, 0.3) is 0 Å². The first-order valence-electron chi connectivity index (χ1n) is 11.4. The van der Waals surface area contributed by atoms with Crippen LogP contribution in [0.25, 0.3) is 0 Å². The van der Waals surface area contributed by atoms with Crippen LogP contribution in [0.2, 0.25) is 0 Å². The smallest absolute Gasteiger partial charge is 0.200 e. The Labute approximate surface area is 187 Å². The third kappa shape index (κ3) is 3.28. The van der Waals surface area contributed by atoms with Gasteiger partial charge in [0.2, 0.25) is 5.72 Å². The van der Waals surface area contributed by atoms with Gasteiger partial charge in [-0.25, -0.2) is 9.40 Å². The molecule has 0 aliphatic carbocycles. The molecule has 3 heterocycles. The van der Waals surface area contributed by atoms with Crippen molar-refractivity contribution in [2.75, 3.05) is 13.1 Å². The predicted octanol–water partition coefficient (Wildman–Crippen LogP) is 5.36. The average molecular weight is 428 g/mol. The van der Waals surface area contributed by atoms with Crippen molar-refractivity contribution >= 4 is 5.71 Å². The molecule has 162 valence electrons. The zero-order valence-electron chi connectivity index (χ0n) is 18.0. The van der Waals surface area contributed by atoms with E-state index >= 15 is 0 Å². The van der Waals surface area contributed by atoms with Gasteiger partial charge in [0, 0.05) is 50.0 Å². The fourth-order valence-corrected chi connectivity index (χ4v) is 5.32. The van der Waals surface area contributed by atoms with Crippen LogP contribution in [0.3, 0.4) is 0 Å². The Morgan fingerprint density at radius 1 is 0.906 bits per heavy atom. The molecule has 3 aliphatic heterocycles. The van der Waals surface area contributed by atoms with Gasteiger partial charge in [-0.3, -0.25) is 4.90 Å². The number of fused-ring (bicyclic) bond motifs is 4. The molecule has 1 saturated heterocycles. The van der Waals surface area contributed by atoms with Gasteiger partial charge in [-0.15, -0.1) is 0 Å². The van der Waals surface area contributed by atoms with E-state index in [4.69, 9.17) is 9.84 Å². The Morgan fingerprint density at radius 2 is 1.62 bits per heavy atom. The summed E-state index contributed by atoms with van der Waals surface area (Å²) in [5.41, 5.74) is 3.38. The van der Waals surface area contributed by atoms with E-state index in [1.165, 1.54) is 11.6 Å². The SMILES string of the molecule is Fc1ccccc1C1=NN2[C@H](C1)c1ccccc1OC21CCN(Cc2ccccc2)CC1. The van der Waals surface area contributed by atoms with E-state index in [1.54, 1.807) is 6.07 Å². The van der Waals surface area contributed by atoms with Crippen LogP contribution in [0.15, 0.2) is 84.0 Å². The largest absolute Gasteiger partial charge is 0.466 e. The maximum absolute atomic E-state index is 14.6. The molecule has 0 aromatic heterocycles. The van der Waals surface area contributed by atoms with Crippen molar-refractivity contribution < 1.29 is 9.13 Å². The van der Waals surface area contributed by atoms with Gasteiger partial charge >= 0.3 is 0 Å². The molecule has 1 fully saturated rings. The van der Waals surface area contributed by atoms with E-state index < -0.39 is 5.72 Å². The summed E-state index contributed by atoms with van der Waals surface area (Å²) >= 11 is 0. The summed E-state index contributed by atoms with van der Waals surface area (Å²) in [5, 5.41) is 7.14. The molecule has 5 heteroatoms. The molecular weight excluding hydrogens is 401 g/mol. The molecule has 6 rings (SSSR count). The number of halogens is 1. The highest BCUT2D eigenvalue weighted by Crippen LogP contribution is 2.50. The van der Waals surface area contributed by atoms with E-state index in [-0.39, 0.29) is 11.9 Å². The van der Waals surface area contributed by atoms with Crippen molar-refractivity contribution in [3.8, 4) is 5.75 Å². The van der Waals surface area contributed by atoms with E-state index in [9.17, 15) is 4.39 Å². The molecule has 3 aromatic rings. The number of ether oxygens (including phenoxy) is 1. The summed E-state index contributed by atoms with van der Waals surface area (Å²) < 4.78 is 21.3. The number of hydrogen-bond donors (Lipinski definition) is 0. The summed E-state index contributed by atoms with van der Waals surface area (Å²) in [5.74, 6) is 0.724. The second kappa shape index (κ2) is 7.75. The monoisotopic (exact) mass is 427 g/mol. The molecule has 1 spiro atoms. The number of nitrogens with zero attached hydrogens (tertiary/aromatic N) is 3. The molecule has 1 atom stereocenters. The van der Waals surface area contributed by atoms with Crippen molar-refractivity contribution in [1.82, 2.24) is 9.91 Å². The molecule has 0 unspecified atom stereocenters. The van der Waals surface area contributed by atoms with Crippen molar-refractivity contribution in [3.05, 3.63) is 101 Å². The Kier molecular flexibility index (Phi) is 4.72. The fourth-order valence-electron chi connectivity index (χ4n) is 5.32. The normalized spacial score (nSPS) is 21.6. The number of benzene rings is 3. The Morgan fingerprint density at radius 3 is 2.44 bits per heavy atom. The maximum Gasteiger partial charge on any atom is 0.200 e. The highest BCUT2D eigenvalue weighted by Gasteiger charge is 2.51. The van der Waals surface area contributed by atoms with Crippen LogP contribution in [0.5, 0.6) is 5.75 Å². The Bertz CT molecular complexity index is 1150. The molecule has 0 amide bonds. The minimum Gasteiger partial charge on any atom is -0.466 e. The quantitative estimate of drug-likeness (QED) is 0.563. The first-order chi connectivity index (χ1) is 15.7. The predicted molar refractivity (Wildman–Crippen MR) is 123 cm³/mol. The molecule has 4 nitrogen and oxygen atoms in total. The number of rotatable bonds is 3. The summed E-state index contributed by atoms with van der Waals surface area (Å²) in [4.78, 5) is 2.48. The van der Waals surface area contributed by atoms with Gasteiger partial charge in [0.05, 0.1) is 11.8 Å². The van der Waals surface area contributed by atoms with E-state index in [2.05, 4.69) is 52.4 Å². The third-order valence-electron chi connectivity index (χ3n) is 6.98. The lowest BCUT2D eigenvalue weighted by Crippen LogP contribution is -2.59. The molecule has 3 aliphatic rings. The van der Waals surface area contributed by atoms with Crippen LogP contribution in [0.4, 0.5) is 4.39 Å². The molecule has 0 saturated carbocycles. The molecule has 0 bridgehead atoms. The Hall–Kier alpha value is -3.18. The number of piperidine rings is 1. The minimum atomic E-state index is -0.487. The van der Waals surface area contributed by atoms with E-state index in [0.29, 0.717) is 12.0 Å². The molecular formula is C27H26FN3O. The fraction of sp³-hybridized carbons (Fsp3) is 0.296. The summed E-state index contributed by atoms with van der Waals surface area (Å²) in [7, 11) is 0. The van der Waals surface area contributed by atoms with Gasteiger partial charge in [-0.2, -0.15) is 5.10 Å². The second-order valence-electron chi connectivity index (χ2n) is 8.94. The lowest BCUT2D eigenvalue weighted by Gasteiger charge is -2.51. The lowest BCUT2D eigenvalue weighted by molar-refractivity contribution is -0.150. The standard InChI is InChI=1S/C27H26FN3O/c28-23-12-6-4-10-21(23)24-18-25-22-11-5-7-13-26(22)32-27(31(25)29-24)14-16-30(17-15-27)19-20-8-2-1-3-9-20/h1-13,25H,14-19H2/t25-/m1/s1. The van der Waals surface area contributed by atoms with Gasteiger partial charge in [-0.05, 0) is 17.7 Å². The van der Waals surface area contributed by atoms with Crippen LogP contribution >= 0.6 is 0 Å². The van der Waals surface area contributed by atoms with Crippen molar-refractivity contribution in [1.29, 1.82) is 0 Å². The third-order valence-corrected chi connectivity index (χ3v) is 6.98. The molecule has 0 radical (unpaired) electrons. The van der Waals surface area contributed by atoms with Crippen LogP contribution in [-0.4, -0.2) is 34.4 Å². The zero-order valence-corrected chi connectivity index (χ0v) is 18.0. The van der Waals surface area contributed by atoms with Crippen molar-refractivity contribution in [2.45, 2.75) is 37.6 Å². The number of hydrogen-bond acceptors (Lipinski definition) is 4.